The van der Waals surface area contributed by atoms with Crippen molar-refractivity contribution in [3.05, 3.63) is 12.2 Å². The van der Waals surface area contributed by atoms with Gasteiger partial charge in [-0.2, -0.15) is 0 Å². The molecule has 0 saturated carbocycles. The fourth-order valence-corrected chi connectivity index (χ4v) is 1.60. The molecule has 0 atom stereocenters. The highest BCUT2D eigenvalue weighted by Crippen LogP contribution is 2.11. The number of rotatable bonds is 10. The first kappa shape index (κ1) is 13.7. The van der Waals surface area contributed by atoms with E-state index in [1.165, 1.54) is 56.9 Å². The van der Waals surface area contributed by atoms with E-state index in [4.69, 9.17) is 5.11 Å². The van der Waals surface area contributed by atoms with Gasteiger partial charge in [0, 0.05) is 6.61 Å². The van der Waals surface area contributed by atoms with Crippen LogP contribution in [0.1, 0.15) is 64.7 Å². The molecule has 0 aromatic rings. The maximum absolute atomic E-state index is 8.58. The van der Waals surface area contributed by atoms with Crippen LogP contribution in [0.3, 0.4) is 0 Å². The maximum atomic E-state index is 8.58. The molecule has 0 spiro atoms. The van der Waals surface area contributed by atoms with Crippen molar-refractivity contribution in [1.29, 1.82) is 0 Å². The Morgan fingerprint density at radius 2 is 1.29 bits per heavy atom. The van der Waals surface area contributed by atoms with Gasteiger partial charge in [0.1, 0.15) is 0 Å². The Kier molecular flexibility index (Phi) is 10.5. The van der Waals surface area contributed by atoms with Crippen LogP contribution in [0, 0.1) is 0 Å². The first-order valence-electron chi connectivity index (χ1n) is 6.02. The summed E-state index contributed by atoms with van der Waals surface area (Å²) in [5, 5.41) is 8.58. The lowest BCUT2D eigenvalue weighted by Crippen LogP contribution is -1.84. The van der Waals surface area contributed by atoms with Crippen LogP contribution in [-0.2, 0) is 0 Å². The van der Waals surface area contributed by atoms with E-state index >= 15 is 0 Å². The van der Waals surface area contributed by atoms with Gasteiger partial charge in [0.2, 0.25) is 0 Å². The van der Waals surface area contributed by atoms with E-state index in [0.29, 0.717) is 6.61 Å². The quantitative estimate of drug-likeness (QED) is 0.414. The van der Waals surface area contributed by atoms with Crippen molar-refractivity contribution in [3.63, 3.8) is 0 Å². The van der Waals surface area contributed by atoms with E-state index in [-0.39, 0.29) is 0 Å². The van der Waals surface area contributed by atoms with Crippen LogP contribution >= 0.6 is 0 Å². The molecule has 0 saturated heterocycles. The molecular weight excluding hydrogens is 172 g/mol. The van der Waals surface area contributed by atoms with Gasteiger partial charge in [-0.15, -0.1) is 6.58 Å². The zero-order chi connectivity index (χ0) is 10.6. The van der Waals surface area contributed by atoms with Gasteiger partial charge in [-0.05, 0) is 26.2 Å². The van der Waals surface area contributed by atoms with Gasteiger partial charge in [-0.25, -0.2) is 0 Å². The summed E-state index contributed by atoms with van der Waals surface area (Å²) in [5.74, 6) is 0. The normalized spacial score (nSPS) is 10.4. The third-order valence-corrected chi connectivity index (χ3v) is 2.51. The highest BCUT2D eigenvalue weighted by molar-refractivity contribution is 4.86. The van der Waals surface area contributed by atoms with Gasteiger partial charge in [-0.3, -0.25) is 0 Å². The van der Waals surface area contributed by atoms with Crippen LogP contribution in [0.25, 0.3) is 0 Å². The fourth-order valence-electron chi connectivity index (χ4n) is 1.60. The second kappa shape index (κ2) is 10.8. The summed E-state index contributed by atoms with van der Waals surface area (Å²) < 4.78 is 0. The van der Waals surface area contributed by atoms with Crippen LogP contribution in [0.5, 0.6) is 0 Å². The van der Waals surface area contributed by atoms with Crippen molar-refractivity contribution in [2.75, 3.05) is 6.61 Å². The highest BCUT2D eigenvalue weighted by Gasteiger charge is 1.92. The minimum absolute atomic E-state index is 0.360. The predicted octanol–water partition coefficient (Wildman–Crippen LogP) is 4.07. The molecule has 1 N–H and O–H groups in total. The molecule has 0 unspecified atom stereocenters. The molecule has 0 aliphatic rings. The van der Waals surface area contributed by atoms with E-state index in [0.717, 1.165) is 6.42 Å². The Balaban J connectivity index is 2.88. The van der Waals surface area contributed by atoms with Crippen molar-refractivity contribution in [2.24, 2.45) is 0 Å². The molecule has 14 heavy (non-hydrogen) atoms. The predicted molar refractivity (Wildman–Crippen MR) is 63.5 cm³/mol. The Labute approximate surface area is 89.2 Å². The van der Waals surface area contributed by atoms with Gasteiger partial charge in [0.15, 0.2) is 0 Å². The van der Waals surface area contributed by atoms with Crippen molar-refractivity contribution in [3.8, 4) is 0 Å². The summed E-state index contributed by atoms with van der Waals surface area (Å²) in [4.78, 5) is 0. The molecule has 0 aromatic carbocycles. The van der Waals surface area contributed by atoms with Gasteiger partial charge in [-0.1, -0.05) is 44.1 Å². The molecule has 0 heterocycles. The average Bonchev–Trinajstić information content (AvgIpc) is 2.15. The Morgan fingerprint density at radius 1 is 0.857 bits per heavy atom. The van der Waals surface area contributed by atoms with Crippen LogP contribution in [-0.4, -0.2) is 11.7 Å². The first-order valence-corrected chi connectivity index (χ1v) is 6.02. The summed E-state index contributed by atoms with van der Waals surface area (Å²) in [6.45, 7) is 6.36. The lowest BCUT2D eigenvalue weighted by atomic mass is 10.1. The molecule has 0 amide bonds. The number of allylic oxidation sites excluding steroid dienone is 1. The molecule has 0 fully saturated rings. The van der Waals surface area contributed by atoms with E-state index < -0.39 is 0 Å². The van der Waals surface area contributed by atoms with Crippen LogP contribution in [0.4, 0.5) is 0 Å². The van der Waals surface area contributed by atoms with E-state index in [1.54, 1.807) is 0 Å². The summed E-state index contributed by atoms with van der Waals surface area (Å²) in [7, 11) is 0. The van der Waals surface area contributed by atoms with Gasteiger partial charge >= 0.3 is 0 Å². The molecule has 84 valence electrons. The summed E-state index contributed by atoms with van der Waals surface area (Å²) in [6.07, 6.45) is 11.4. The molecule has 0 aromatic heterocycles. The smallest absolute Gasteiger partial charge is 0.0431 e. The molecular formula is C13H26O. The molecule has 0 aliphatic carbocycles. The van der Waals surface area contributed by atoms with E-state index in [9.17, 15) is 0 Å². The topological polar surface area (TPSA) is 20.2 Å². The number of unbranched alkanes of at least 4 members (excludes halogenated alkanes) is 7. The van der Waals surface area contributed by atoms with E-state index in [1.807, 2.05) is 0 Å². The molecule has 1 nitrogen and oxygen atoms in total. The molecule has 0 aliphatic heterocycles. The summed E-state index contributed by atoms with van der Waals surface area (Å²) in [5.41, 5.74) is 1.31. The second-order valence-corrected chi connectivity index (χ2v) is 4.26. The zero-order valence-electron chi connectivity index (χ0n) is 9.73. The Hall–Kier alpha value is -0.300. The lowest BCUT2D eigenvalue weighted by Gasteiger charge is -2.01. The molecule has 0 rings (SSSR count). The third kappa shape index (κ3) is 11.7. The van der Waals surface area contributed by atoms with Crippen molar-refractivity contribution >= 4 is 0 Å². The number of aliphatic hydroxyl groups excluding tert-OH is 1. The minimum atomic E-state index is 0.360. The summed E-state index contributed by atoms with van der Waals surface area (Å²) in [6, 6.07) is 0. The van der Waals surface area contributed by atoms with Crippen LogP contribution < -0.4 is 0 Å². The molecule has 0 bridgehead atoms. The van der Waals surface area contributed by atoms with Gasteiger partial charge < -0.3 is 5.11 Å². The van der Waals surface area contributed by atoms with Gasteiger partial charge in [0.05, 0.1) is 0 Å². The van der Waals surface area contributed by atoms with Crippen molar-refractivity contribution in [1.82, 2.24) is 0 Å². The molecule has 0 radical (unpaired) electrons. The monoisotopic (exact) mass is 198 g/mol. The van der Waals surface area contributed by atoms with Gasteiger partial charge in [0.25, 0.3) is 0 Å². The Bertz CT molecular complexity index is 129. The summed E-state index contributed by atoms with van der Waals surface area (Å²) >= 11 is 0. The van der Waals surface area contributed by atoms with Crippen LogP contribution in [0.2, 0.25) is 0 Å². The number of aliphatic hydroxyl groups is 1. The standard InChI is InChI=1S/C13H26O/c1-13(2)11-9-7-5-3-4-6-8-10-12-14/h14H,1,3-12H2,2H3. The number of hydrogen-bond donors (Lipinski definition) is 1. The Morgan fingerprint density at radius 3 is 1.71 bits per heavy atom. The first-order chi connectivity index (χ1) is 6.77. The average molecular weight is 198 g/mol. The van der Waals surface area contributed by atoms with Crippen LogP contribution in [0.15, 0.2) is 12.2 Å². The highest BCUT2D eigenvalue weighted by atomic mass is 16.2. The largest absolute Gasteiger partial charge is 0.396 e. The fraction of sp³-hybridized carbons (Fsp3) is 0.846. The third-order valence-electron chi connectivity index (χ3n) is 2.51. The zero-order valence-corrected chi connectivity index (χ0v) is 9.73. The number of hydrogen-bond acceptors (Lipinski definition) is 1. The maximum Gasteiger partial charge on any atom is 0.0431 e. The van der Waals surface area contributed by atoms with Crippen molar-refractivity contribution < 1.29 is 5.11 Å². The van der Waals surface area contributed by atoms with E-state index in [2.05, 4.69) is 13.5 Å². The SMILES string of the molecule is C=C(C)CCCCCCCCCCO. The lowest BCUT2D eigenvalue weighted by molar-refractivity contribution is 0.282. The van der Waals surface area contributed by atoms with Crippen molar-refractivity contribution in [2.45, 2.75) is 64.7 Å². The second-order valence-electron chi connectivity index (χ2n) is 4.26. The molecule has 1 heteroatoms. The minimum Gasteiger partial charge on any atom is -0.396 e.